The fourth-order valence-electron chi connectivity index (χ4n) is 4.43. The van der Waals surface area contributed by atoms with E-state index < -0.39 is 8.07 Å². The lowest BCUT2D eigenvalue weighted by Gasteiger charge is -2.36. The lowest BCUT2D eigenvalue weighted by Crippen LogP contribution is -2.45. The maximum Gasteiger partial charge on any atom is 0.309 e. The average molecular weight is 383 g/mol. The minimum absolute atomic E-state index is 0.0564. The van der Waals surface area contributed by atoms with Crippen LogP contribution in [0.5, 0.6) is 0 Å². The fourth-order valence-corrected chi connectivity index (χ4v) is 8.79. The van der Waals surface area contributed by atoms with Gasteiger partial charge in [-0.1, -0.05) is 99.6 Å². The Morgan fingerprint density at radius 3 is 2.00 bits per heavy atom. The van der Waals surface area contributed by atoms with E-state index in [4.69, 9.17) is 9.47 Å². The molecule has 1 aliphatic rings. The number of carbonyl (C=O) groups is 1. The van der Waals surface area contributed by atoms with E-state index >= 15 is 0 Å². The van der Waals surface area contributed by atoms with Gasteiger partial charge in [0, 0.05) is 0 Å². The van der Waals surface area contributed by atoms with Gasteiger partial charge in [-0.3, -0.25) is 4.79 Å². The highest BCUT2D eigenvalue weighted by molar-refractivity contribution is 6.84. The summed E-state index contributed by atoms with van der Waals surface area (Å²) in [5, 5.41) is 0. The molecule has 0 aromatic heterocycles. The molecule has 1 saturated heterocycles. The van der Waals surface area contributed by atoms with Crippen molar-refractivity contribution in [2.75, 3.05) is 0 Å². The lowest BCUT2D eigenvalue weighted by molar-refractivity contribution is -0.142. The predicted octanol–water partition coefficient (Wildman–Crippen LogP) is 5.75. The van der Waals surface area contributed by atoms with Gasteiger partial charge in [0.1, 0.15) is 6.10 Å². The van der Waals surface area contributed by atoms with Crippen molar-refractivity contribution < 1.29 is 14.3 Å². The molecule has 0 amide bonds. The molecule has 0 N–H and O–H groups in total. The van der Waals surface area contributed by atoms with Gasteiger partial charge in [0.25, 0.3) is 0 Å². The first-order valence-electron chi connectivity index (χ1n) is 10.1. The zero-order valence-corrected chi connectivity index (χ0v) is 17.6. The summed E-state index contributed by atoms with van der Waals surface area (Å²) in [6.45, 7) is 7.20. The molecule has 3 atom stereocenters. The van der Waals surface area contributed by atoms with Crippen LogP contribution >= 0.6 is 0 Å². The zero-order chi connectivity index (χ0) is 19.3. The van der Waals surface area contributed by atoms with Crippen molar-refractivity contribution in [1.29, 1.82) is 0 Å². The quantitative estimate of drug-likeness (QED) is 0.431. The highest BCUT2D eigenvalue weighted by Crippen LogP contribution is 2.48. The molecule has 0 spiro atoms. The minimum Gasteiger partial charge on any atom is -0.455 e. The van der Waals surface area contributed by atoms with Gasteiger partial charge in [-0.15, -0.1) is 0 Å². The second-order valence-electron chi connectivity index (χ2n) is 7.43. The summed E-state index contributed by atoms with van der Waals surface area (Å²) in [4.78, 5) is 13.0. The van der Waals surface area contributed by atoms with Crippen LogP contribution in [0.2, 0.25) is 23.7 Å². The fraction of sp³-hybridized carbons (Fsp3) is 0.435. The third-order valence-corrected chi connectivity index (χ3v) is 12.4. The van der Waals surface area contributed by atoms with Crippen LogP contribution in [-0.4, -0.2) is 20.1 Å². The summed E-state index contributed by atoms with van der Waals surface area (Å²) < 4.78 is 12.4. The van der Waals surface area contributed by atoms with Crippen LogP contribution in [-0.2, 0) is 20.9 Å². The van der Waals surface area contributed by atoms with E-state index in [9.17, 15) is 4.79 Å². The predicted molar refractivity (Wildman–Crippen MR) is 111 cm³/mol. The van der Waals surface area contributed by atoms with Gasteiger partial charge < -0.3 is 9.47 Å². The van der Waals surface area contributed by atoms with Crippen LogP contribution in [0.3, 0.4) is 0 Å². The Morgan fingerprint density at radius 1 is 0.889 bits per heavy atom. The van der Waals surface area contributed by atoms with Crippen LogP contribution < -0.4 is 0 Å². The molecule has 0 aliphatic carbocycles. The van der Waals surface area contributed by atoms with E-state index in [1.165, 1.54) is 0 Å². The number of carbonyl (C=O) groups excluding carboxylic acids is 1. The van der Waals surface area contributed by atoms with Crippen molar-refractivity contribution in [1.82, 2.24) is 0 Å². The highest BCUT2D eigenvalue weighted by atomic mass is 28.3. The number of esters is 1. The summed E-state index contributed by atoms with van der Waals surface area (Å²) in [5.41, 5.74) is 2.04. The van der Waals surface area contributed by atoms with Gasteiger partial charge in [0.05, 0.1) is 20.2 Å². The van der Waals surface area contributed by atoms with Crippen molar-refractivity contribution in [2.24, 2.45) is 0 Å². The molecule has 144 valence electrons. The second kappa shape index (κ2) is 8.85. The Morgan fingerprint density at radius 2 is 1.44 bits per heavy atom. The molecule has 3 rings (SSSR count). The minimum atomic E-state index is -1.82. The number of hydrogen-bond donors (Lipinski definition) is 0. The smallest absolute Gasteiger partial charge is 0.309 e. The van der Waals surface area contributed by atoms with Gasteiger partial charge in [-0.25, -0.2) is 0 Å². The van der Waals surface area contributed by atoms with E-state index in [2.05, 4.69) is 32.9 Å². The van der Waals surface area contributed by atoms with E-state index in [0.29, 0.717) is 6.61 Å². The summed E-state index contributed by atoms with van der Waals surface area (Å²) in [6, 6.07) is 23.4. The first-order chi connectivity index (χ1) is 13.1. The second-order valence-corrected chi connectivity index (χ2v) is 12.9. The van der Waals surface area contributed by atoms with Gasteiger partial charge in [0.15, 0.2) is 6.10 Å². The molecule has 4 heteroatoms. The Labute approximate surface area is 163 Å². The third-order valence-electron chi connectivity index (χ3n) is 6.31. The molecule has 0 bridgehead atoms. The van der Waals surface area contributed by atoms with Crippen molar-refractivity contribution in [2.45, 2.75) is 63.3 Å². The molecular weight excluding hydrogens is 352 g/mol. The van der Waals surface area contributed by atoms with Gasteiger partial charge in [-0.05, 0) is 11.1 Å². The molecule has 27 heavy (non-hydrogen) atoms. The standard InChI is InChI=1S/C23H30O3Si/c1-4-27(5-2,6-3)22-21(25-17-18-13-9-7-10-14-18)20(26-23(22)24)19-15-11-8-12-16-19/h7-16,20-22H,4-6,17H2,1-3H3/t20-,21-,22-/m1/s1. The molecule has 2 aromatic rings. The van der Waals surface area contributed by atoms with Crippen molar-refractivity contribution in [3.63, 3.8) is 0 Å². The maximum atomic E-state index is 13.0. The number of ether oxygens (including phenoxy) is 2. The zero-order valence-electron chi connectivity index (χ0n) is 16.6. The summed E-state index contributed by atoms with van der Waals surface area (Å²) in [7, 11) is -1.82. The largest absolute Gasteiger partial charge is 0.455 e. The Kier molecular flexibility index (Phi) is 6.50. The number of cyclic esters (lactones) is 1. The summed E-state index contributed by atoms with van der Waals surface area (Å²) in [6.07, 6.45) is -0.532. The van der Waals surface area contributed by atoms with Crippen molar-refractivity contribution in [3.05, 3.63) is 71.8 Å². The van der Waals surface area contributed by atoms with Crippen LogP contribution in [0.4, 0.5) is 0 Å². The Hall–Kier alpha value is -1.91. The molecule has 3 nitrogen and oxygen atoms in total. The normalized spacial score (nSPS) is 22.6. The van der Waals surface area contributed by atoms with E-state index in [1.54, 1.807) is 0 Å². The molecule has 1 aliphatic heterocycles. The van der Waals surface area contributed by atoms with Crippen LogP contribution in [0.15, 0.2) is 60.7 Å². The average Bonchev–Trinajstić information content (AvgIpc) is 3.07. The molecule has 0 saturated carbocycles. The number of hydrogen-bond acceptors (Lipinski definition) is 3. The maximum absolute atomic E-state index is 13.0. The van der Waals surface area contributed by atoms with Gasteiger partial charge in [0.2, 0.25) is 0 Å². The van der Waals surface area contributed by atoms with Gasteiger partial charge >= 0.3 is 5.97 Å². The van der Waals surface area contributed by atoms with Crippen LogP contribution in [0.25, 0.3) is 0 Å². The molecular formula is C23H30O3Si. The molecule has 2 aromatic carbocycles. The van der Waals surface area contributed by atoms with Crippen LogP contribution in [0, 0.1) is 0 Å². The topological polar surface area (TPSA) is 35.5 Å². The Bertz CT molecular complexity index is 720. The summed E-state index contributed by atoms with van der Waals surface area (Å²) >= 11 is 0. The number of benzene rings is 2. The highest BCUT2D eigenvalue weighted by Gasteiger charge is 2.55. The first kappa shape index (κ1) is 19.8. The molecule has 1 heterocycles. The molecule has 0 radical (unpaired) electrons. The number of rotatable bonds is 8. The lowest BCUT2D eigenvalue weighted by atomic mass is 10.0. The summed E-state index contributed by atoms with van der Waals surface area (Å²) in [5.74, 6) is -0.0564. The van der Waals surface area contributed by atoms with Crippen molar-refractivity contribution >= 4 is 14.0 Å². The molecule has 1 fully saturated rings. The van der Waals surface area contributed by atoms with E-state index in [1.807, 2.05) is 48.5 Å². The third kappa shape index (κ3) is 4.02. The van der Waals surface area contributed by atoms with Gasteiger partial charge in [-0.2, -0.15) is 0 Å². The van der Waals surface area contributed by atoms with E-state index in [-0.39, 0.29) is 23.7 Å². The van der Waals surface area contributed by atoms with Crippen molar-refractivity contribution in [3.8, 4) is 0 Å². The van der Waals surface area contributed by atoms with E-state index in [0.717, 1.165) is 29.3 Å². The molecule has 0 unspecified atom stereocenters. The van der Waals surface area contributed by atoms with Crippen LogP contribution in [0.1, 0.15) is 38.0 Å². The Balaban J connectivity index is 1.93. The SMILES string of the molecule is CC[Si](CC)(CC)[C@H]1C(=O)O[C@H](c2ccccc2)[C@H]1OCc1ccccc1. The first-order valence-corrected chi connectivity index (χ1v) is 12.8. The monoisotopic (exact) mass is 382 g/mol.